The molecule has 0 N–H and O–H groups in total. The van der Waals surface area contributed by atoms with Crippen LogP contribution in [0.1, 0.15) is 6.92 Å². The number of rotatable bonds is 0. The molecule has 1 rings (SSSR count). The normalized spacial score (nSPS) is 29.5. The van der Waals surface area contributed by atoms with E-state index in [1.807, 2.05) is 11.8 Å². The molecule has 1 aliphatic rings. The summed E-state index contributed by atoms with van der Waals surface area (Å²) >= 11 is 1.86. The van der Waals surface area contributed by atoms with Crippen LogP contribution in [-0.2, 0) is 0 Å². The van der Waals surface area contributed by atoms with E-state index in [-0.39, 0.29) is 0 Å². The Morgan fingerprint density at radius 1 is 1.88 bits per heavy atom. The van der Waals surface area contributed by atoms with Crippen LogP contribution in [0.25, 0.3) is 0 Å². The molecule has 0 aromatic heterocycles. The number of hydrogen-bond donors (Lipinski definition) is 0. The maximum absolute atomic E-state index is 3.87. The lowest BCUT2D eigenvalue weighted by atomic mass is 10.4. The summed E-state index contributed by atoms with van der Waals surface area (Å²) in [5, 5.41) is 1.95. The molecule has 1 aliphatic heterocycles. The number of thioether (sulfide) groups is 1. The third-order valence-corrected chi connectivity index (χ3v) is 2.43. The molecule has 0 aliphatic carbocycles. The Morgan fingerprint density at radius 2 is 2.50 bits per heavy atom. The van der Waals surface area contributed by atoms with E-state index in [1.54, 1.807) is 0 Å². The van der Waals surface area contributed by atoms with Gasteiger partial charge in [-0.15, -0.1) is 11.8 Å². The first-order valence-electron chi connectivity index (χ1n) is 2.77. The van der Waals surface area contributed by atoms with E-state index in [4.69, 9.17) is 0 Å². The summed E-state index contributed by atoms with van der Waals surface area (Å²) in [6.45, 7) is 7.25. The van der Waals surface area contributed by atoms with E-state index in [2.05, 4.69) is 25.5 Å². The molecule has 1 heterocycles. The highest BCUT2D eigenvalue weighted by atomic mass is 32.2. The van der Waals surface area contributed by atoms with Crippen molar-refractivity contribution in [3.63, 3.8) is 0 Å². The van der Waals surface area contributed by atoms with Gasteiger partial charge in [-0.2, -0.15) is 0 Å². The van der Waals surface area contributed by atoms with Gasteiger partial charge < -0.3 is 4.90 Å². The Labute approximate surface area is 54.8 Å². The highest BCUT2D eigenvalue weighted by molar-refractivity contribution is 8.03. The molecule has 0 spiro atoms. The minimum Gasteiger partial charge on any atom is -0.369 e. The maximum atomic E-state index is 3.87. The van der Waals surface area contributed by atoms with Crippen LogP contribution in [0.2, 0.25) is 0 Å². The van der Waals surface area contributed by atoms with Crippen molar-refractivity contribution in [1.82, 2.24) is 4.90 Å². The van der Waals surface area contributed by atoms with Crippen molar-refractivity contribution in [2.75, 3.05) is 13.6 Å². The molecule has 0 bridgehead atoms. The Kier molecular flexibility index (Phi) is 1.52. The van der Waals surface area contributed by atoms with Gasteiger partial charge in [-0.05, 0) is 0 Å². The molecule has 0 aromatic rings. The van der Waals surface area contributed by atoms with E-state index in [0.29, 0.717) is 0 Å². The van der Waals surface area contributed by atoms with Gasteiger partial charge in [0.2, 0.25) is 0 Å². The number of nitrogens with zero attached hydrogens (tertiary/aromatic N) is 1. The summed E-state index contributed by atoms with van der Waals surface area (Å²) in [5.74, 6) is 0. The molecule has 0 saturated carbocycles. The van der Waals surface area contributed by atoms with Crippen molar-refractivity contribution in [1.29, 1.82) is 0 Å². The average molecular weight is 129 g/mol. The highest BCUT2D eigenvalue weighted by Crippen LogP contribution is 2.29. The Bertz CT molecular complexity index is 111. The van der Waals surface area contributed by atoms with Gasteiger partial charge in [-0.1, -0.05) is 13.5 Å². The van der Waals surface area contributed by atoms with Crippen LogP contribution in [-0.4, -0.2) is 23.7 Å². The van der Waals surface area contributed by atoms with E-state index >= 15 is 0 Å². The summed E-state index contributed by atoms with van der Waals surface area (Å²) < 4.78 is 0. The molecule has 2 heteroatoms. The van der Waals surface area contributed by atoms with Crippen LogP contribution in [0.15, 0.2) is 11.6 Å². The van der Waals surface area contributed by atoms with Gasteiger partial charge in [0.15, 0.2) is 0 Å². The molecule has 1 nitrogen and oxygen atoms in total. The van der Waals surface area contributed by atoms with Gasteiger partial charge in [-0.25, -0.2) is 0 Å². The van der Waals surface area contributed by atoms with Gasteiger partial charge >= 0.3 is 0 Å². The average Bonchev–Trinajstić information content (AvgIpc) is 1.85. The minimum absolute atomic E-state index is 0.743. The maximum Gasteiger partial charge on any atom is 0.0635 e. The SMILES string of the molecule is C=C1SC(C)CN1C. The van der Waals surface area contributed by atoms with Gasteiger partial charge in [0.25, 0.3) is 0 Å². The summed E-state index contributed by atoms with van der Waals surface area (Å²) in [4.78, 5) is 2.19. The second kappa shape index (κ2) is 2.02. The van der Waals surface area contributed by atoms with Crippen molar-refractivity contribution in [2.45, 2.75) is 12.2 Å². The quantitative estimate of drug-likeness (QED) is 0.488. The summed E-state index contributed by atoms with van der Waals surface area (Å²) in [6.07, 6.45) is 0. The molecule has 8 heavy (non-hydrogen) atoms. The van der Waals surface area contributed by atoms with Crippen LogP contribution >= 0.6 is 11.8 Å². The van der Waals surface area contributed by atoms with E-state index < -0.39 is 0 Å². The lowest BCUT2D eigenvalue weighted by molar-refractivity contribution is 0.472. The van der Waals surface area contributed by atoms with Crippen molar-refractivity contribution >= 4 is 11.8 Å². The third kappa shape index (κ3) is 0.996. The molecule has 0 amide bonds. The number of hydrogen-bond acceptors (Lipinski definition) is 2. The van der Waals surface area contributed by atoms with Gasteiger partial charge in [0.1, 0.15) is 0 Å². The van der Waals surface area contributed by atoms with Crippen molar-refractivity contribution < 1.29 is 0 Å². The van der Waals surface area contributed by atoms with Crippen LogP contribution in [0.5, 0.6) is 0 Å². The molecule has 0 radical (unpaired) electrons. The molecular weight excluding hydrogens is 118 g/mol. The summed E-state index contributed by atoms with van der Waals surface area (Å²) in [7, 11) is 2.08. The van der Waals surface area contributed by atoms with E-state index in [1.165, 1.54) is 5.03 Å². The first-order valence-corrected chi connectivity index (χ1v) is 3.65. The van der Waals surface area contributed by atoms with E-state index in [9.17, 15) is 0 Å². The monoisotopic (exact) mass is 129 g/mol. The second-order valence-corrected chi connectivity index (χ2v) is 3.71. The fourth-order valence-corrected chi connectivity index (χ4v) is 1.86. The molecule has 1 fully saturated rings. The predicted molar refractivity (Wildman–Crippen MR) is 38.8 cm³/mol. The Hall–Kier alpha value is -0.110. The largest absolute Gasteiger partial charge is 0.369 e. The second-order valence-electron chi connectivity index (χ2n) is 2.20. The molecule has 1 unspecified atom stereocenters. The molecule has 1 atom stereocenters. The summed E-state index contributed by atoms with van der Waals surface area (Å²) in [6, 6.07) is 0. The zero-order valence-corrected chi connectivity index (χ0v) is 6.16. The molecule has 1 saturated heterocycles. The first kappa shape index (κ1) is 6.02. The van der Waals surface area contributed by atoms with Crippen LogP contribution in [0.4, 0.5) is 0 Å². The predicted octanol–water partition coefficient (Wildman–Crippen LogP) is 1.52. The summed E-state index contributed by atoms with van der Waals surface area (Å²) in [5.41, 5.74) is 0. The van der Waals surface area contributed by atoms with Crippen LogP contribution < -0.4 is 0 Å². The Balaban J connectivity index is 2.51. The van der Waals surface area contributed by atoms with Crippen LogP contribution in [0.3, 0.4) is 0 Å². The van der Waals surface area contributed by atoms with Crippen molar-refractivity contribution in [2.24, 2.45) is 0 Å². The van der Waals surface area contributed by atoms with Crippen molar-refractivity contribution in [3.8, 4) is 0 Å². The lowest BCUT2D eigenvalue weighted by Crippen LogP contribution is -2.13. The topological polar surface area (TPSA) is 3.24 Å². The molecule has 46 valence electrons. The zero-order valence-electron chi connectivity index (χ0n) is 5.35. The minimum atomic E-state index is 0.743. The third-order valence-electron chi connectivity index (χ3n) is 1.29. The first-order chi connectivity index (χ1) is 3.70. The zero-order chi connectivity index (χ0) is 6.15. The highest BCUT2D eigenvalue weighted by Gasteiger charge is 2.17. The Morgan fingerprint density at radius 3 is 2.62 bits per heavy atom. The standard InChI is InChI=1S/C6H11NS/c1-5-4-7(3)6(2)8-5/h5H,2,4H2,1,3H3. The lowest BCUT2D eigenvalue weighted by Gasteiger charge is -2.07. The molecule has 0 aromatic carbocycles. The van der Waals surface area contributed by atoms with E-state index in [0.717, 1.165) is 11.8 Å². The van der Waals surface area contributed by atoms with Crippen molar-refractivity contribution in [3.05, 3.63) is 11.6 Å². The smallest absolute Gasteiger partial charge is 0.0635 e. The molecular formula is C6H11NS. The fourth-order valence-electron chi connectivity index (χ4n) is 0.847. The van der Waals surface area contributed by atoms with Crippen LogP contribution in [0, 0.1) is 0 Å². The van der Waals surface area contributed by atoms with Gasteiger partial charge in [-0.3, -0.25) is 0 Å². The van der Waals surface area contributed by atoms with Gasteiger partial charge in [0.05, 0.1) is 5.03 Å². The fraction of sp³-hybridized carbons (Fsp3) is 0.667. The van der Waals surface area contributed by atoms with Gasteiger partial charge in [0, 0.05) is 18.8 Å².